The average molecular weight is 519 g/mol. The maximum Gasteiger partial charge on any atom is 0.326 e. The highest BCUT2D eigenvalue weighted by Gasteiger charge is 2.34. The summed E-state index contributed by atoms with van der Waals surface area (Å²) in [5.74, 6) is 1.80. The zero-order chi connectivity index (χ0) is 27.1. The molecule has 1 aromatic carbocycles. The third-order valence-electron chi connectivity index (χ3n) is 6.50. The number of rotatable bonds is 11. The molecule has 0 unspecified atom stereocenters. The standard InChI is InChI=1S/C30H34N2O6/c1-20(2)7-4-5-9-28-31-26(21(3)38-28)14-16-37-25-11-10-22-18-27(30(34)35)32(19-23(22)17-25)29(33)13-12-24-8-6-15-36-24/h5-6,8-13,15,17,20,27H,4,7,14,16,18-19H2,1-3H3,(H,34,35)/b9-5+,13-12+/t27-/m0/s1. The number of aryl methyl sites for hydroxylation is 1. The lowest BCUT2D eigenvalue weighted by atomic mass is 9.93. The van der Waals surface area contributed by atoms with Crippen LogP contribution in [-0.4, -0.2) is 39.5 Å². The second kappa shape index (κ2) is 12.4. The van der Waals surface area contributed by atoms with Gasteiger partial charge in [-0.3, -0.25) is 4.79 Å². The van der Waals surface area contributed by atoms with Gasteiger partial charge in [0.15, 0.2) is 0 Å². The van der Waals surface area contributed by atoms with Crippen LogP contribution in [0.4, 0.5) is 0 Å². The molecule has 0 bridgehead atoms. The van der Waals surface area contributed by atoms with Crippen molar-refractivity contribution in [3.05, 3.63) is 83.0 Å². The molecule has 1 N–H and O–H groups in total. The monoisotopic (exact) mass is 518 g/mol. The minimum atomic E-state index is -1.03. The van der Waals surface area contributed by atoms with Gasteiger partial charge < -0.3 is 23.6 Å². The number of nitrogens with zero attached hydrogens (tertiary/aromatic N) is 2. The first kappa shape index (κ1) is 27.0. The number of carboxylic acids is 1. The van der Waals surface area contributed by atoms with E-state index in [4.69, 9.17) is 13.6 Å². The fraction of sp³-hybridized carbons (Fsp3) is 0.367. The van der Waals surface area contributed by atoms with E-state index in [2.05, 4.69) is 24.9 Å². The molecule has 4 rings (SSSR count). The first-order valence-electron chi connectivity index (χ1n) is 12.9. The smallest absolute Gasteiger partial charge is 0.326 e. The molecule has 1 atom stereocenters. The number of allylic oxidation sites excluding steroid dienone is 1. The number of amides is 1. The maximum atomic E-state index is 12.9. The lowest BCUT2D eigenvalue weighted by molar-refractivity contribution is -0.149. The molecule has 0 aliphatic carbocycles. The highest BCUT2D eigenvalue weighted by atomic mass is 16.5. The molecule has 38 heavy (non-hydrogen) atoms. The summed E-state index contributed by atoms with van der Waals surface area (Å²) in [6.07, 6.45) is 11.3. The second-order valence-corrected chi connectivity index (χ2v) is 9.83. The summed E-state index contributed by atoms with van der Waals surface area (Å²) in [7, 11) is 0. The van der Waals surface area contributed by atoms with Crippen molar-refractivity contribution in [3.63, 3.8) is 0 Å². The van der Waals surface area contributed by atoms with Crippen molar-refractivity contribution in [3.8, 4) is 5.75 Å². The number of carbonyl (C=O) groups excluding carboxylic acids is 1. The molecular formula is C30H34N2O6. The number of fused-ring (bicyclic) bond motifs is 1. The van der Waals surface area contributed by atoms with E-state index in [1.165, 1.54) is 23.3 Å². The van der Waals surface area contributed by atoms with Crippen LogP contribution in [0.15, 0.2) is 57.6 Å². The van der Waals surface area contributed by atoms with Crippen LogP contribution >= 0.6 is 0 Å². The Hall–Kier alpha value is -4.07. The van der Waals surface area contributed by atoms with Crippen LogP contribution in [0.5, 0.6) is 5.75 Å². The molecule has 0 fully saturated rings. The van der Waals surface area contributed by atoms with E-state index in [0.29, 0.717) is 36.3 Å². The molecule has 1 amide bonds. The number of aromatic nitrogens is 1. The average Bonchev–Trinajstić information content (AvgIpc) is 3.53. The lowest BCUT2D eigenvalue weighted by Crippen LogP contribution is -2.48. The molecule has 1 aliphatic rings. The topological polar surface area (TPSA) is 106 Å². The highest BCUT2D eigenvalue weighted by Crippen LogP contribution is 2.28. The number of benzene rings is 1. The molecule has 8 nitrogen and oxygen atoms in total. The Kier molecular flexibility index (Phi) is 8.84. The summed E-state index contributed by atoms with van der Waals surface area (Å²) in [4.78, 5) is 30.7. The fourth-order valence-corrected chi connectivity index (χ4v) is 4.37. The van der Waals surface area contributed by atoms with Gasteiger partial charge in [0.2, 0.25) is 11.8 Å². The maximum absolute atomic E-state index is 12.9. The van der Waals surface area contributed by atoms with Crippen molar-refractivity contribution in [2.45, 2.75) is 59.0 Å². The SMILES string of the molecule is Cc1oc(/C=C/CCC(C)C)nc1CCOc1ccc2c(c1)CN(C(=O)/C=C/c1ccco1)[C@H](C(=O)O)C2. The molecule has 0 saturated heterocycles. The van der Waals surface area contributed by atoms with E-state index in [0.717, 1.165) is 35.4 Å². The summed E-state index contributed by atoms with van der Waals surface area (Å²) in [5.41, 5.74) is 2.62. The van der Waals surface area contributed by atoms with Gasteiger partial charge in [0.05, 0.1) is 18.6 Å². The Bertz CT molecular complexity index is 1300. The summed E-state index contributed by atoms with van der Waals surface area (Å²) >= 11 is 0. The van der Waals surface area contributed by atoms with Crippen molar-refractivity contribution in [1.82, 2.24) is 9.88 Å². The Morgan fingerprint density at radius 3 is 2.82 bits per heavy atom. The molecule has 200 valence electrons. The minimum Gasteiger partial charge on any atom is -0.493 e. The molecular weight excluding hydrogens is 484 g/mol. The number of carboxylic acid groups (broad SMARTS) is 1. The zero-order valence-corrected chi connectivity index (χ0v) is 22.1. The summed E-state index contributed by atoms with van der Waals surface area (Å²) in [6.45, 7) is 6.90. The Balaban J connectivity index is 1.37. The normalized spacial score (nSPS) is 15.5. The first-order chi connectivity index (χ1) is 18.3. The van der Waals surface area contributed by atoms with Gasteiger partial charge >= 0.3 is 5.97 Å². The van der Waals surface area contributed by atoms with Crippen molar-refractivity contribution < 1.29 is 28.3 Å². The molecule has 2 aromatic heterocycles. The van der Waals surface area contributed by atoms with Crippen LogP contribution in [0.25, 0.3) is 12.2 Å². The van der Waals surface area contributed by atoms with Gasteiger partial charge in [0, 0.05) is 25.5 Å². The summed E-state index contributed by atoms with van der Waals surface area (Å²) in [6, 6.07) is 8.10. The van der Waals surface area contributed by atoms with E-state index < -0.39 is 12.0 Å². The van der Waals surface area contributed by atoms with Gasteiger partial charge in [-0.25, -0.2) is 9.78 Å². The molecule has 0 saturated carbocycles. The zero-order valence-electron chi connectivity index (χ0n) is 22.1. The van der Waals surface area contributed by atoms with Crippen LogP contribution in [0.3, 0.4) is 0 Å². The van der Waals surface area contributed by atoms with Gasteiger partial charge in [-0.05, 0) is 73.2 Å². The molecule has 3 heterocycles. The van der Waals surface area contributed by atoms with Gasteiger partial charge in [-0.2, -0.15) is 0 Å². The van der Waals surface area contributed by atoms with Crippen molar-refractivity contribution in [2.24, 2.45) is 5.92 Å². The van der Waals surface area contributed by atoms with Crippen LogP contribution < -0.4 is 4.74 Å². The first-order valence-corrected chi connectivity index (χ1v) is 12.9. The third kappa shape index (κ3) is 7.03. The number of hydrogen-bond acceptors (Lipinski definition) is 6. The number of hydrogen-bond donors (Lipinski definition) is 1. The fourth-order valence-electron chi connectivity index (χ4n) is 4.37. The number of aliphatic carboxylic acids is 1. The quantitative estimate of drug-likeness (QED) is 0.325. The number of furan rings is 1. The van der Waals surface area contributed by atoms with Crippen molar-refractivity contribution >= 4 is 24.0 Å². The molecule has 3 aromatic rings. The van der Waals surface area contributed by atoms with Gasteiger partial charge in [0.25, 0.3) is 0 Å². The van der Waals surface area contributed by atoms with Crippen molar-refractivity contribution in [2.75, 3.05) is 6.61 Å². The van der Waals surface area contributed by atoms with E-state index in [1.807, 2.05) is 31.2 Å². The minimum absolute atomic E-state index is 0.180. The van der Waals surface area contributed by atoms with Crippen molar-refractivity contribution in [1.29, 1.82) is 0 Å². The van der Waals surface area contributed by atoms with Gasteiger partial charge in [0.1, 0.15) is 23.3 Å². The third-order valence-corrected chi connectivity index (χ3v) is 6.50. The number of carbonyl (C=O) groups is 2. The highest BCUT2D eigenvalue weighted by molar-refractivity contribution is 5.94. The molecule has 0 spiro atoms. The number of ether oxygens (including phenoxy) is 1. The number of oxazole rings is 1. The van der Waals surface area contributed by atoms with Crippen LogP contribution in [0.2, 0.25) is 0 Å². The van der Waals surface area contributed by atoms with E-state index in [1.54, 1.807) is 12.1 Å². The molecule has 0 radical (unpaired) electrons. The molecule has 1 aliphatic heterocycles. The predicted molar refractivity (Wildman–Crippen MR) is 143 cm³/mol. The largest absolute Gasteiger partial charge is 0.493 e. The summed E-state index contributed by atoms with van der Waals surface area (Å²) in [5, 5.41) is 9.74. The molecule has 8 heteroatoms. The van der Waals surface area contributed by atoms with Crippen LogP contribution in [-0.2, 0) is 29.0 Å². The second-order valence-electron chi connectivity index (χ2n) is 9.83. The predicted octanol–water partition coefficient (Wildman–Crippen LogP) is 5.70. The lowest BCUT2D eigenvalue weighted by Gasteiger charge is -2.34. The van der Waals surface area contributed by atoms with E-state index >= 15 is 0 Å². The van der Waals surface area contributed by atoms with Crippen LogP contribution in [0, 0.1) is 12.8 Å². The van der Waals surface area contributed by atoms with Gasteiger partial charge in [-0.1, -0.05) is 26.0 Å². The van der Waals surface area contributed by atoms with E-state index in [9.17, 15) is 14.7 Å². The Morgan fingerprint density at radius 2 is 2.08 bits per heavy atom. The Labute approximate surface area is 222 Å². The van der Waals surface area contributed by atoms with Crippen LogP contribution in [0.1, 0.15) is 60.9 Å². The summed E-state index contributed by atoms with van der Waals surface area (Å²) < 4.78 is 17.0. The Morgan fingerprint density at radius 1 is 1.24 bits per heavy atom. The van der Waals surface area contributed by atoms with E-state index in [-0.39, 0.29) is 18.9 Å². The van der Waals surface area contributed by atoms with Gasteiger partial charge in [-0.15, -0.1) is 0 Å².